The Hall–Kier alpha value is -2.29. The Morgan fingerprint density at radius 1 is 1.13 bits per heavy atom. The second-order valence-electron chi connectivity index (χ2n) is 7.62. The number of nitrogens with zero attached hydrogens (tertiary/aromatic N) is 2. The highest BCUT2D eigenvalue weighted by Gasteiger charge is 2.31. The lowest BCUT2D eigenvalue weighted by Gasteiger charge is -2.35. The van der Waals surface area contributed by atoms with Gasteiger partial charge in [-0.15, -0.1) is 0 Å². The van der Waals surface area contributed by atoms with Gasteiger partial charge in [-0.2, -0.15) is 0 Å². The van der Waals surface area contributed by atoms with E-state index in [1.807, 2.05) is 6.07 Å². The summed E-state index contributed by atoms with van der Waals surface area (Å²) in [6.45, 7) is 8.29. The molecular weight excluding hydrogens is 428 g/mol. The van der Waals surface area contributed by atoms with Crippen molar-refractivity contribution in [3.63, 3.8) is 0 Å². The first-order valence-electron chi connectivity index (χ1n) is 9.78. The van der Waals surface area contributed by atoms with Crippen molar-refractivity contribution in [1.29, 1.82) is 0 Å². The number of hydrogen-bond acceptors (Lipinski definition) is 6. The van der Waals surface area contributed by atoms with Gasteiger partial charge in [-0.1, -0.05) is 18.5 Å². The van der Waals surface area contributed by atoms with Crippen LogP contribution in [0.1, 0.15) is 28.4 Å². The van der Waals surface area contributed by atoms with Crippen LogP contribution in [0.2, 0.25) is 5.02 Å². The first kappa shape index (κ1) is 21.0. The maximum absolute atomic E-state index is 13.1. The lowest BCUT2D eigenvalue weighted by molar-refractivity contribution is 0.0696. The molecule has 0 radical (unpaired) electrons. The summed E-state index contributed by atoms with van der Waals surface area (Å²) in [5, 5.41) is 9.66. The van der Waals surface area contributed by atoms with Gasteiger partial charge in [-0.05, 0) is 43.3 Å². The molecule has 0 unspecified atom stereocenters. The molecule has 0 aromatic heterocycles. The number of anilines is 1. The quantitative estimate of drug-likeness (QED) is 0.764. The number of carbonyl (C=O) groups is 1. The highest BCUT2D eigenvalue weighted by atomic mass is 35.5. The maximum Gasteiger partial charge on any atom is 0.335 e. The average Bonchev–Trinajstić information content (AvgIpc) is 2.82. The largest absolute Gasteiger partial charge is 0.478 e. The van der Waals surface area contributed by atoms with Crippen LogP contribution in [0.25, 0.3) is 0 Å². The van der Waals surface area contributed by atoms with E-state index in [-0.39, 0.29) is 22.0 Å². The van der Waals surface area contributed by atoms with E-state index in [2.05, 4.69) is 16.7 Å². The van der Waals surface area contributed by atoms with Crippen molar-refractivity contribution in [3.8, 4) is 11.5 Å². The predicted octanol–water partition coefficient (Wildman–Crippen LogP) is 3.57. The number of aryl methyl sites for hydroxylation is 1. The number of likely N-dealkylation sites (N-methyl/N-ethyl adjacent to an activating group) is 1. The Morgan fingerprint density at radius 2 is 1.83 bits per heavy atom. The molecule has 9 heteroatoms. The highest BCUT2D eigenvalue weighted by Crippen LogP contribution is 2.45. The van der Waals surface area contributed by atoms with Crippen molar-refractivity contribution < 1.29 is 23.1 Å². The third-order valence-corrected chi connectivity index (χ3v) is 7.61. The molecule has 4 rings (SSSR count). The van der Waals surface area contributed by atoms with Gasteiger partial charge >= 0.3 is 5.97 Å². The van der Waals surface area contributed by atoms with Crippen molar-refractivity contribution in [2.45, 2.75) is 24.5 Å². The van der Waals surface area contributed by atoms with Gasteiger partial charge in [-0.3, -0.25) is 0 Å². The molecule has 2 aromatic rings. The molecule has 7 nitrogen and oxygen atoms in total. The van der Waals surface area contributed by atoms with E-state index >= 15 is 0 Å². The molecule has 1 fully saturated rings. The number of piperazine rings is 1. The van der Waals surface area contributed by atoms with E-state index in [9.17, 15) is 18.3 Å². The van der Waals surface area contributed by atoms with Crippen molar-refractivity contribution in [3.05, 3.63) is 46.0 Å². The number of sulfone groups is 1. The molecule has 0 bridgehead atoms. The fourth-order valence-corrected chi connectivity index (χ4v) is 5.82. The summed E-state index contributed by atoms with van der Waals surface area (Å²) >= 11 is 6.54. The number of halogens is 1. The van der Waals surface area contributed by atoms with Crippen molar-refractivity contribution >= 4 is 33.1 Å². The second-order valence-corrected chi connectivity index (χ2v) is 9.99. The van der Waals surface area contributed by atoms with Crippen LogP contribution >= 0.6 is 11.6 Å². The van der Waals surface area contributed by atoms with Crippen LogP contribution in [0.5, 0.6) is 11.5 Å². The molecule has 0 amide bonds. The van der Waals surface area contributed by atoms with Crippen LogP contribution in [-0.2, 0) is 15.6 Å². The van der Waals surface area contributed by atoms with E-state index in [1.165, 1.54) is 6.07 Å². The van der Waals surface area contributed by atoms with Crippen LogP contribution in [0.4, 0.5) is 5.69 Å². The van der Waals surface area contributed by atoms with E-state index in [4.69, 9.17) is 16.3 Å². The average molecular weight is 451 g/mol. The SMILES string of the molecule is CCN1CCN(c2cc(Cl)c3c(c2)CS(=O)(=O)c2cc(C(=O)O)cc(C)c2O3)CC1. The number of carboxylic acid groups (broad SMARTS) is 1. The number of fused-ring (bicyclic) bond motifs is 2. The van der Waals surface area contributed by atoms with Gasteiger partial charge in [0.05, 0.1) is 16.3 Å². The third kappa shape index (κ3) is 3.75. The summed E-state index contributed by atoms with van der Waals surface area (Å²) in [6, 6.07) is 6.18. The summed E-state index contributed by atoms with van der Waals surface area (Å²) < 4.78 is 32.2. The van der Waals surface area contributed by atoms with Gasteiger partial charge in [0.15, 0.2) is 9.84 Å². The zero-order valence-corrected chi connectivity index (χ0v) is 18.4. The summed E-state index contributed by atoms with van der Waals surface area (Å²) in [5.74, 6) is -1.06. The summed E-state index contributed by atoms with van der Waals surface area (Å²) in [4.78, 5) is 15.8. The molecular formula is C21H23ClN2O5S. The molecule has 1 N–H and O–H groups in total. The number of carboxylic acids is 1. The minimum atomic E-state index is -3.82. The van der Waals surface area contributed by atoms with E-state index in [1.54, 1.807) is 13.0 Å². The zero-order chi connectivity index (χ0) is 21.6. The van der Waals surface area contributed by atoms with E-state index in [0.717, 1.165) is 44.5 Å². The Morgan fingerprint density at radius 3 is 2.47 bits per heavy atom. The van der Waals surface area contributed by atoms with Gasteiger partial charge in [0.25, 0.3) is 0 Å². The Balaban J connectivity index is 1.77. The number of aromatic carboxylic acids is 1. The van der Waals surface area contributed by atoms with Crippen LogP contribution in [0.15, 0.2) is 29.2 Å². The standard InChI is InChI=1S/C21H23ClN2O5S/c1-3-23-4-6-24(7-5-23)16-9-15-12-30(27,28)18-10-14(21(25)26)8-13(2)19(18)29-20(15)17(22)11-16/h8-11H,3-7,12H2,1-2H3,(H,25,26). The summed E-state index contributed by atoms with van der Waals surface area (Å²) in [5.41, 5.74) is 1.67. The molecule has 1 saturated heterocycles. The summed E-state index contributed by atoms with van der Waals surface area (Å²) in [6.07, 6.45) is 0. The highest BCUT2D eigenvalue weighted by molar-refractivity contribution is 7.90. The van der Waals surface area contributed by atoms with Gasteiger partial charge in [0.1, 0.15) is 16.4 Å². The minimum Gasteiger partial charge on any atom is -0.478 e. The lowest BCUT2D eigenvalue weighted by atomic mass is 10.1. The van der Waals surface area contributed by atoms with E-state index in [0.29, 0.717) is 21.9 Å². The smallest absolute Gasteiger partial charge is 0.335 e. The van der Waals surface area contributed by atoms with Crippen LogP contribution in [0.3, 0.4) is 0 Å². The molecule has 0 spiro atoms. The predicted molar refractivity (Wildman–Crippen MR) is 115 cm³/mol. The monoisotopic (exact) mass is 450 g/mol. The van der Waals surface area contributed by atoms with Gasteiger partial charge in [0, 0.05) is 37.4 Å². The molecule has 2 aliphatic rings. The first-order valence-corrected chi connectivity index (χ1v) is 11.8. The fraction of sp³-hybridized carbons (Fsp3) is 0.381. The molecule has 2 aliphatic heterocycles. The number of ether oxygens (including phenoxy) is 1. The van der Waals surface area contributed by atoms with E-state index < -0.39 is 15.8 Å². The van der Waals surface area contributed by atoms with Crippen LogP contribution < -0.4 is 9.64 Å². The van der Waals surface area contributed by atoms with Gasteiger partial charge in [0.2, 0.25) is 0 Å². The van der Waals surface area contributed by atoms with Crippen molar-refractivity contribution in [2.75, 3.05) is 37.6 Å². The van der Waals surface area contributed by atoms with Gasteiger partial charge < -0.3 is 19.6 Å². The topological polar surface area (TPSA) is 87.2 Å². The van der Waals surface area contributed by atoms with Crippen molar-refractivity contribution in [1.82, 2.24) is 4.90 Å². The Bertz CT molecular complexity index is 1120. The number of hydrogen-bond donors (Lipinski definition) is 1. The number of rotatable bonds is 3. The normalized spacial score (nSPS) is 18.2. The maximum atomic E-state index is 13.1. The molecule has 2 heterocycles. The first-order chi connectivity index (χ1) is 14.2. The lowest BCUT2D eigenvalue weighted by Crippen LogP contribution is -2.46. The second kappa shape index (κ2) is 7.76. The van der Waals surface area contributed by atoms with Gasteiger partial charge in [-0.25, -0.2) is 13.2 Å². The van der Waals surface area contributed by atoms with Crippen molar-refractivity contribution in [2.24, 2.45) is 0 Å². The third-order valence-electron chi connectivity index (χ3n) is 5.66. The Kier molecular flexibility index (Phi) is 5.42. The molecule has 0 atom stereocenters. The van der Waals surface area contributed by atoms with Crippen LogP contribution in [-0.4, -0.2) is 57.1 Å². The number of benzene rings is 2. The van der Waals surface area contributed by atoms with Crippen LogP contribution in [0, 0.1) is 6.92 Å². The fourth-order valence-electron chi connectivity index (χ4n) is 3.97. The molecule has 160 valence electrons. The zero-order valence-electron chi connectivity index (χ0n) is 16.8. The molecule has 2 aromatic carbocycles. The molecule has 0 saturated carbocycles. The molecule has 0 aliphatic carbocycles. The molecule has 30 heavy (non-hydrogen) atoms. The summed E-state index contributed by atoms with van der Waals surface area (Å²) in [7, 11) is -3.82. The minimum absolute atomic E-state index is 0.0926. The Labute approximate surface area is 180 Å².